The van der Waals surface area contributed by atoms with E-state index in [4.69, 9.17) is 13.9 Å². The molecule has 1 fully saturated rings. The second-order valence-electron chi connectivity index (χ2n) is 7.24. The molecule has 2 heterocycles. The number of fused-ring (bicyclic) bond motifs is 1. The zero-order chi connectivity index (χ0) is 22.6. The predicted octanol–water partition coefficient (Wildman–Crippen LogP) is 4.43. The number of hydrogen-bond donors (Lipinski definition) is 2. The standard InChI is InChI=1S/C21H21F3N2O2.CH3NO/c1-3-26-20(8-9-20)18-13(2)28-17-7-6-15(11-16(17)18)27-12-14-5-4-10-25-19(14)21(22,23)24;2-1-3/h4-7,10-11,26H,3,8-9,12H2,1-2H3;1H,(H2,2,3). The summed E-state index contributed by atoms with van der Waals surface area (Å²) in [4.78, 5) is 12.0. The van der Waals surface area contributed by atoms with Gasteiger partial charge in [-0.15, -0.1) is 0 Å². The first kappa shape index (κ1) is 22.6. The lowest BCUT2D eigenvalue weighted by Crippen LogP contribution is -2.28. The number of carbonyl (C=O) groups excluding carboxylic acids is 1. The Morgan fingerprint density at radius 1 is 1.32 bits per heavy atom. The molecule has 3 aromatic rings. The fourth-order valence-electron chi connectivity index (χ4n) is 3.83. The van der Waals surface area contributed by atoms with E-state index in [2.05, 4.69) is 23.0 Å². The van der Waals surface area contributed by atoms with E-state index < -0.39 is 11.9 Å². The van der Waals surface area contributed by atoms with Crippen LogP contribution in [-0.4, -0.2) is 17.9 Å². The van der Waals surface area contributed by atoms with Crippen molar-refractivity contribution in [1.29, 1.82) is 0 Å². The highest BCUT2D eigenvalue weighted by atomic mass is 19.4. The molecule has 1 aromatic carbocycles. The first-order valence-electron chi connectivity index (χ1n) is 9.83. The summed E-state index contributed by atoms with van der Waals surface area (Å²) in [6.45, 7) is 4.65. The Labute approximate surface area is 177 Å². The van der Waals surface area contributed by atoms with Gasteiger partial charge in [0, 0.05) is 28.2 Å². The third-order valence-corrected chi connectivity index (χ3v) is 5.13. The van der Waals surface area contributed by atoms with E-state index in [1.807, 2.05) is 13.0 Å². The van der Waals surface area contributed by atoms with Crippen LogP contribution in [-0.2, 0) is 23.1 Å². The van der Waals surface area contributed by atoms with Gasteiger partial charge >= 0.3 is 6.18 Å². The molecule has 0 unspecified atom stereocenters. The van der Waals surface area contributed by atoms with Gasteiger partial charge in [-0.3, -0.25) is 9.78 Å². The fraction of sp³-hybridized carbons (Fsp3) is 0.364. The van der Waals surface area contributed by atoms with Crippen LogP contribution in [0.4, 0.5) is 13.2 Å². The molecule has 1 aliphatic rings. The molecule has 0 aliphatic heterocycles. The maximum atomic E-state index is 13.1. The first-order chi connectivity index (χ1) is 14.8. The lowest BCUT2D eigenvalue weighted by molar-refractivity contribution is -0.142. The quantitative estimate of drug-likeness (QED) is 0.559. The lowest BCUT2D eigenvalue weighted by atomic mass is 10.0. The predicted molar refractivity (Wildman–Crippen MR) is 109 cm³/mol. The van der Waals surface area contributed by atoms with Gasteiger partial charge in [0.25, 0.3) is 0 Å². The largest absolute Gasteiger partial charge is 0.489 e. The number of carbonyl (C=O) groups is 1. The summed E-state index contributed by atoms with van der Waals surface area (Å²) < 4.78 is 50.9. The zero-order valence-corrected chi connectivity index (χ0v) is 17.3. The minimum absolute atomic E-state index is 0.00464. The molecule has 1 amide bonds. The van der Waals surface area contributed by atoms with Crippen LogP contribution in [0.1, 0.15) is 42.3 Å². The second-order valence-corrected chi connectivity index (χ2v) is 7.24. The van der Waals surface area contributed by atoms with E-state index in [1.54, 1.807) is 12.1 Å². The van der Waals surface area contributed by atoms with Crippen molar-refractivity contribution in [2.45, 2.75) is 45.0 Å². The van der Waals surface area contributed by atoms with Crippen LogP contribution >= 0.6 is 0 Å². The van der Waals surface area contributed by atoms with Gasteiger partial charge < -0.3 is 20.2 Å². The fourth-order valence-corrected chi connectivity index (χ4v) is 3.83. The van der Waals surface area contributed by atoms with Crippen LogP contribution in [0.5, 0.6) is 5.75 Å². The number of aromatic nitrogens is 1. The van der Waals surface area contributed by atoms with Crippen molar-refractivity contribution in [3.63, 3.8) is 0 Å². The molecule has 0 spiro atoms. The molecule has 0 radical (unpaired) electrons. The number of ether oxygens (including phenoxy) is 1. The summed E-state index contributed by atoms with van der Waals surface area (Å²) in [6, 6.07) is 8.22. The number of nitrogens with zero attached hydrogens (tertiary/aromatic N) is 1. The number of benzene rings is 1. The Bertz CT molecular complexity index is 1060. The molecule has 166 valence electrons. The highest BCUT2D eigenvalue weighted by molar-refractivity contribution is 5.85. The number of furan rings is 1. The maximum absolute atomic E-state index is 13.1. The number of pyridine rings is 1. The molecule has 6 nitrogen and oxygen atoms in total. The molecule has 2 aromatic heterocycles. The molecule has 9 heteroatoms. The summed E-state index contributed by atoms with van der Waals surface area (Å²) in [5.74, 6) is 1.36. The van der Waals surface area contributed by atoms with Gasteiger partial charge in [-0.05, 0) is 50.6 Å². The van der Waals surface area contributed by atoms with Crippen molar-refractivity contribution in [2.24, 2.45) is 5.73 Å². The van der Waals surface area contributed by atoms with Crippen molar-refractivity contribution in [1.82, 2.24) is 10.3 Å². The number of amides is 1. The molecule has 31 heavy (non-hydrogen) atoms. The Morgan fingerprint density at radius 2 is 2.03 bits per heavy atom. The third kappa shape index (κ3) is 4.82. The van der Waals surface area contributed by atoms with Gasteiger partial charge in [-0.1, -0.05) is 13.0 Å². The van der Waals surface area contributed by atoms with Crippen LogP contribution in [0.15, 0.2) is 40.9 Å². The normalized spacial score (nSPS) is 14.6. The second kappa shape index (κ2) is 8.97. The van der Waals surface area contributed by atoms with E-state index in [0.717, 1.165) is 47.9 Å². The summed E-state index contributed by atoms with van der Waals surface area (Å²) in [6.07, 6.45) is -1.06. The third-order valence-electron chi connectivity index (χ3n) is 5.13. The molecular formula is C22H24F3N3O3. The number of rotatable bonds is 6. The number of alkyl halides is 3. The Balaban J connectivity index is 0.000000858. The molecule has 0 bridgehead atoms. The number of halogens is 3. The van der Waals surface area contributed by atoms with Crippen molar-refractivity contribution in [3.05, 3.63) is 59.1 Å². The van der Waals surface area contributed by atoms with E-state index in [9.17, 15) is 13.2 Å². The molecular weight excluding hydrogens is 411 g/mol. The van der Waals surface area contributed by atoms with Crippen LogP contribution in [0.3, 0.4) is 0 Å². The highest BCUT2D eigenvalue weighted by Gasteiger charge is 2.46. The average Bonchev–Trinajstić information content (AvgIpc) is 3.40. The van der Waals surface area contributed by atoms with Gasteiger partial charge in [0.05, 0.1) is 0 Å². The molecule has 3 N–H and O–H groups in total. The Hall–Kier alpha value is -3.07. The molecule has 1 saturated carbocycles. The Morgan fingerprint density at radius 3 is 2.65 bits per heavy atom. The van der Waals surface area contributed by atoms with Crippen molar-refractivity contribution < 1.29 is 27.1 Å². The van der Waals surface area contributed by atoms with E-state index >= 15 is 0 Å². The van der Waals surface area contributed by atoms with Crippen molar-refractivity contribution in [2.75, 3.05) is 6.54 Å². The average molecular weight is 435 g/mol. The monoisotopic (exact) mass is 435 g/mol. The summed E-state index contributed by atoms with van der Waals surface area (Å²) in [5, 5.41) is 4.48. The number of hydrogen-bond acceptors (Lipinski definition) is 5. The Kier molecular flexibility index (Phi) is 6.54. The molecule has 0 saturated heterocycles. The topological polar surface area (TPSA) is 90.4 Å². The van der Waals surface area contributed by atoms with E-state index in [-0.39, 0.29) is 24.1 Å². The SMILES string of the molecule is CCNC1(c2c(C)oc3ccc(OCc4cccnc4C(F)(F)F)cc23)CC1.NC=O. The maximum Gasteiger partial charge on any atom is 0.433 e. The minimum Gasteiger partial charge on any atom is -0.489 e. The van der Waals surface area contributed by atoms with Gasteiger partial charge in [-0.2, -0.15) is 13.2 Å². The smallest absolute Gasteiger partial charge is 0.433 e. The summed E-state index contributed by atoms with van der Waals surface area (Å²) in [7, 11) is 0. The van der Waals surface area contributed by atoms with Crippen molar-refractivity contribution >= 4 is 17.4 Å². The van der Waals surface area contributed by atoms with Crippen LogP contribution in [0.2, 0.25) is 0 Å². The zero-order valence-electron chi connectivity index (χ0n) is 17.3. The van der Waals surface area contributed by atoms with Crippen molar-refractivity contribution in [3.8, 4) is 5.75 Å². The van der Waals surface area contributed by atoms with Gasteiger partial charge in [-0.25, -0.2) is 0 Å². The number of nitrogens with two attached hydrogens (primary N) is 1. The number of aryl methyl sites for hydroxylation is 1. The van der Waals surface area contributed by atoms with E-state index in [0.29, 0.717) is 5.75 Å². The van der Waals surface area contributed by atoms with E-state index in [1.165, 1.54) is 12.1 Å². The van der Waals surface area contributed by atoms with Crippen LogP contribution in [0.25, 0.3) is 11.0 Å². The van der Waals surface area contributed by atoms with Gasteiger partial charge in [0.1, 0.15) is 23.7 Å². The highest BCUT2D eigenvalue weighted by Crippen LogP contribution is 2.50. The van der Waals surface area contributed by atoms with Crippen LogP contribution < -0.4 is 15.8 Å². The molecule has 0 atom stereocenters. The van der Waals surface area contributed by atoms with Gasteiger partial charge in [0.2, 0.25) is 6.41 Å². The lowest BCUT2D eigenvalue weighted by Gasteiger charge is -2.16. The van der Waals surface area contributed by atoms with Crippen LogP contribution in [0, 0.1) is 6.92 Å². The summed E-state index contributed by atoms with van der Waals surface area (Å²) >= 11 is 0. The molecule has 4 rings (SSSR count). The first-order valence-corrected chi connectivity index (χ1v) is 9.83. The minimum atomic E-state index is -4.51. The van der Waals surface area contributed by atoms with Gasteiger partial charge in [0.15, 0.2) is 5.69 Å². The molecule has 1 aliphatic carbocycles. The number of nitrogens with one attached hydrogen (secondary N) is 1. The summed E-state index contributed by atoms with van der Waals surface area (Å²) in [5.41, 5.74) is 5.05. The number of primary amides is 1.